The van der Waals surface area contributed by atoms with Crippen LogP contribution >= 0.6 is 0 Å². The Morgan fingerprint density at radius 1 is 1.48 bits per heavy atom. The SMILES string of the molecule is CC(C)(C)OC(=O)N1CC2(C1)OCc1cc(C=O)cnc12. The van der Waals surface area contributed by atoms with Crippen molar-refractivity contribution in [2.24, 2.45) is 0 Å². The van der Waals surface area contributed by atoms with Crippen molar-refractivity contribution in [1.82, 2.24) is 9.88 Å². The lowest BCUT2D eigenvalue weighted by Crippen LogP contribution is -2.62. The summed E-state index contributed by atoms with van der Waals surface area (Å²) in [5, 5.41) is 0. The molecule has 1 aromatic heterocycles. The first-order chi connectivity index (χ1) is 9.83. The Bertz CT molecular complexity index is 600. The number of nitrogens with zero attached hydrogens (tertiary/aromatic N) is 2. The minimum absolute atomic E-state index is 0.338. The molecular weight excluding hydrogens is 272 g/mol. The maximum atomic E-state index is 12.0. The number of rotatable bonds is 1. The molecule has 0 radical (unpaired) electrons. The van der Waals surface area contributed by atoms with Crippen molar-refractivity contribution in [2.45, 2.75) is 38.6 Å². The lowest BCUT2D eigenvalue weighted by atomic mass is 9.89. The molecule has 0 unspecified atom stereocenters. The van der Waals surface area contributed by atoms with Crippen molar-refractivity contribution >= 4 is 12.4 Å². The molecule has 0 atom stereocenters. The average molecular weight is 290 g/mol. The molecule has 1 fully saturated rings. The number of likely N-dealkylation sites (tertiary alicyclic amines) is 1. The molecule has 6 nitrogen and oxygen atoms in total. The van der Waals surface area contributed by atoms with E-state index in [2.05, 4.69) is 4.98 Å². The van der Waals surface area contributed by atoms with Crippen LogP contribution < -0.4 is 0 Å². The van der Waals surface area contributed by atoms with Crippen molar-refractivity contribution in [1.29, 1.82) is 0 Å². The first-order valence-corrected chi connectivity index (χ1v) is 6.89. The van der Waals surface area contributed by atoms with Crippen LogP contribution in [0, 0.1) is 0 Å². The van der Waals surface area contributed by atoms with E-state index in [0.29, 0.717) is 25.3 Å². The van der Waals surface area contributed by atoms with E-state index in [1.165, 1.54) is 0 Å². The normalized spacial score (nSPS) is 19.1. The molecule has 3 rings (SSSR count). The largest absolute Gasteiger partial charge is 0.444 e. The van der Waals surface area contributed by atoms with Crippen LogP contribution in [-0.2, 0) is 21.7 Å². The highest BCUT2D eigenvalue weighted by Gasteiger charge is 2.53. The topological polar surface area (TPSA) is 68.7 Å². The number of aromatic nitrogens is 1. The average Bonchev–Trinajstić information content (AvgIpc) is 2.73. The maximum absolute atomic E-state index is 12.0. The molecule has 2 aliphatic rings. The van der Waals surface area contributed by atoms with Crippen LogP contribution in [0.15, 0.2) is 12.3 Å². The van der Waals surface area contributed by atoms with Gasteiger partial charge in [0.15, 0.2) is 6.29 Å². The van der Waals surface area contributed by atoms with E-state index in [-0.39, 0.29) is 6.09 Å². The maximum Gasteiger partial charge on any atom is 0.410 e. The van der Waals surface area contributed by atoms with Crippen molar-refractivity contribution in [3.63, 3.8) is 0 Å². The summed E-state index contributed by atoms with van der Waals surface area (Å²) in [5.41, 5.74) is 1.24. The first-order valence-electron chi connectivity index (χ1n) is 6.89. The monoisotopic (exact) mass is 290 g/mol. The standard InChI is InChI=1S/C15H18N2O4/c1-14(2,3)21-13(19)17-8-15(9-17)12-11(7-20-15)4-10(6-18)5-16-12/h4-6H,7-9H2,1-3H3. The number of hydrogen-bond donors (Lipinski definition) is 0. The van der Waals surface area contributed by atoms with Gasteiger partial charge in [0, 0.05) is 17.3 Å². The summed E-state index contributed by atoms with van der Waals surface area (Å²) in [6.07, 6.45) is 1.97. The zero-order valence-electron chi connectivity index (χ0n) is 12.4. The minimum atomic E-state index is -0.534. The predicted molar refractivity (Wildman–Crippen MR) is 73.9 cm³/mol. The molecule has 1 amide bonds. The van der Waals surface area contributed by atoms with E-state index in [4.69, 9.17) is 9.47 Å². The van der Waals surface area contributed by atoms with Gasteiger partial charge in [0.05, 0.1) is 25.4 Å². The van der Waals surface area contributed by atoms with Gasteiger partial charge in [-0.1, -0.05) is 0 Å². The lowest BCUT2D eigenvalue weighted by Gasteiger charge is -2.46. The number of ether oxygens (including phenoxy) is 2. The van der Waals surface area contributed by atoms with E-state index >= 15 is 0 Å². The van der Waals surface area contributed by atoms with Gasteiger partial charge in [-0.15, -0.1) is 0 Å². The molecule has 0 bridgehead atoms. The number of hydrogen-bond acceptors (Lipinski definition) is 5. The summed E-state index contributed by atoms with van der Waals surface area (Å²) in [6, 6.07) is 1.79. The van der Waals surface area contributed by atoms with Crippen LogP contribution in [0.3, 0.4) is 0 Å². The molecule has 1 aromatic rings. The van der Waals surface area contributed by atoms with E-state index in [1.807, 2.05) is 20.8 Å². The van der Waals surface area contributed by atoms with Crippen molar-refractivity contribution in [3.05, 3.63) is 29.1 Å². The number of amides is 1. The molecule has 2 aliphatic heterocycles. The molecule has 0 saturated carbocycles. The van der Waals surface area contributed by atoms with Crippen LogP contribution in [0.25, 0.3) is 0 Å². The molecule has 1 saturated heterocycles. The number of carbonyl (C=O) groups is 2. The fraction of sp³-hybridized carbons (Fsp3) is 0.533. The Morgan fingerprint density at radius 3 is 2.81 bits per heavy atom. The number of fused-ring (bicyclic) bond motifs is 2. The fourth-order valence-corrected chi connectivity index (χ4v) is 2.66. The molecule has 21 heavy (non-hydrogen) atoms. The van der Waals surface area contributed by atoms with Gasteiger partial charge in [0.25, 0.3) is 0 Å². The van der Waals surface area contributed by atoms with Crippen LogP contribution in [-0.4, -0.2) is 41.0 Å². The van der Waals surface area contributed by atoms with E-state index in [9.17, 15) is 9.59 Å². The highest BCUT2D eigenvalue weighted by molar-refractivity contribution is 5.75. The van der Waals surface area contributed by atoms with Crippen LogP contribution in [0.5, 0.6) is 0 Å². The molecule has 112 valence electrons. The third-order valence-electron chi connectivity index (χ3n) is 3.60. The molecule has 6 heteroatoms. The Balaban J connectivity index is 1.72. The van der Waals surface area contributed by atoms with Gasteiger partial charge in [0.2, 0.25) is 0 Å². The quantitative estimate of drug-likeness (QED) is 0.739. The summed E-state index contributed by atoms with van der Waals surface area (Å²) in [4.78, 5) is 28.7. The Morgan fingerprint density at radius 2 is 2.19 bits per heavy atom. The van der Waals surface area contributed by atoms with E-state index < -0.39 is 11.2 Å². The second-order valence-electron chi connectivity index (χ2n) is 6.51. The van der Waals surface area contributed by atoms with Gasteiger partial charge in [0.1, 0.15) is 11.2 Å². The van der Waals surface area contributed by atoms with Gasteiger partial charge in [-0.25, -0.2) is 4.79 Å². The van der Waals surface area contributed by atoms with E-state index in [1.54, 1.807) is 17.2 Å². The first kappa shape index (κ1) is 14.0. The van der Waals surface area contributed by atoms with Gasteiger partial charge in [-0.3, -0.25) is 9.78 Å². The highest BCUT2D eigenvalue weighted by atomic mass is 16.6. The van der Waals surface area contributed by atoms with Gasteiger partial charge in [-0.05, 0) is 26.8 Å². The second-order valence-corrected chi connectivity index (χ2v) is 6.51. The summed E-state index contributed by atoms with van der Waals surface area (Å²) < 4.78 is 11.2. The Labute approximate surface area is 123 Å². The summed E-state index contributed by atoms with van der Waals surface area (Å²) in [7, 11) is 0. The van der Waals surface area contributed by atoms with Crippen LogP contribution in [0.4, 0.5) is 4.79 Å². The third-order valence-corrected chi connectivity index (χ3v) is 3.60. The Kier molecular flexibility index (Phi) is 3.02. The number of aldehydes is 1. The minimum Gasteiger partial charge on any atom is -0.444 e. The lowest BCUT2D eigenvalue weighted by molar-refractivity contribution is -0.139. The van der Waals surface area contributed by atoms with Gasteiger partial charge >= 0.3 is 6.09 Å². The van der Waals surface area contributed by atoms with Crippen LogP contribution in [0.1, 0.15) is 42.4 Å². The van der Waals surface area contributed by atoms with Gasteiger partial charge in [-0.2, -0.15) is 0 Å². The molecule has 0 N–H and O–H groups in total. The third kappa shape index (κ3) is 2.40. The molecule has 1 spiro atoms. The molecule has 3 heterocycles. The fourth-order valence-electron chi connectivity index (χ4n) is 2.66. The zero-order chi connectivity index (χ0) is 15.3. The second kappa shape index (κ2) is 4.53. The molecular formula is C15H18N2O4. The van der Waals surface area contributed by atoms with Crippen molar-refractivity contribution < 1.29 is 19.1 Å². The molecule has 0 aliphatic carbocycles. The zero-order valence-corrected chi connectivity index (χ0v) is 12.4. The highest BCUT2D eigenvalue weighted by Crippen LogP contribution is 2.42. The summed E-state index contributed by atoms with van der Waals surface area (Å²) >= 11 is 0. The number of pyridine rings is 1. The summed E-state index contributed by atoms with van der Waals surface area (Å²) in [6.45, 7) is 6.80. The summed E-state index contributed by atoms with van der Waals surface area (Å²) in [5.74, 6) is 0. The molecule has 0 aromatic carbocycles. The van der Waals surface area contributed by atoms with Crippen molar-refractivity contribution in [3.8, 4) is 0 Å². The Hall–Kier alpha value is -1.95. The smallest absolute Gasteiger partial charge is 0.410 e. The van der Waals surface area contributed by atoms with Crippen molar-refractivity contribution in [2.75, 3.05) is 13.1 Å². The predicted octanol–water partition coefficient (Wildman–Crippen LogP) is 1.87. The number of carbonyl (C=O) groups excluding carboxylic acids is 2. The van der Waals surface area contributed by atoms with E-state index in [0.717, 1.165) is 17.5 Å². The van der Waals surface area contributed by atoms with Crippen LogP contribution in [0.2, 0.25) is 0 Å². The van der Waals surface area contributed by atoms with Gasteiger partial charge < -0.3 is 14.4 Å².